The zero-order valence-electron chi connectivity index (χ0n) is 8.92. The van der Waals surface area contributed by atoms with Gasteiger partial charge in [-0.05, 0) is 31.5 Å². The van der Waals surface area contributed by atoms with Gasteiger partial charge in [0.2, 0.25) is 0 Å². The van der Waals surface area contributed by atoms with Crippen LogP contribution in [0.15, 0.2) is 18.2 Å². The van der Waals surface area contributed by atoms with Crippen molar-refractivity contribution in [3.63, 3.8) is 0 Å². The minimum Gasteiger partial charge on any atom is -0.493 e. The Balaban J connectivity index is 2.32. The van der Waals surface area contributed by atoms with Crippen LogP contribution in [0.25, 0.3) is 0 Å². The molecule has 0 saturated heterocycles. The average Bonchev–Trinajstić information content (AvgIpc) is 2.41. The highest BCUT2D eigenvalue weighted by Gasteiger charge is 2.18. The standard InChI is InChI=1S/C12H16ClNO/c1-2-14-11-4-3-7-15-12-8-9(13)5-6-10(11)12/h5-6,8,11,14H,2-4,7H2,1H3. The molecule has 1 aromatic carbocycles. The normalized spacial score (nSPS) is 20.3. The molecular weight excluding hydrogens is 210 g/mol. The lowest BCUT2D eigenvalue weighted by Crippen LogP contribution is -2.20. The second-order valence-electron chi connectivity index (χ2n) is 3.78. The smallest absolute Gasteiger partial charge is 0.125 e. The Bertz CT molecular complexity index is 340. The number of halogens is 1. The second kappa shape index (κ2) is 4.86. The highest BCUT2D eigenvalue weighted by Crippen LogP contribution is 2.33. The second-order valence-corrected chi connectivity index (χ2v) is 4.22. The zero-order valence-corrected chi connectivity index (χ0v) is 9.68. The van der Waals surface area contributed by atoms with Crippen molar-refractivity contribution in [2.75, 3.05) is 13.2 Å². The molecule has 1 aliphatic rings. The summed E-state index contributed by atoms with van der Waals surface area (Å²) in [6.07, 6.45) is 2.21. The number of rotatable bonds is 2. The lowest BCUT2D eigenvalue weighted by Gasteiger charge is -2.17. The maximum Gasteiger partial charge on any atom is 0.125 e. The molecule has 1 aliphatic heterocycles. The fourth-order valence-corrected chi connectivity index (χ4v) is 2.17. The van der Waals surface area contributed by atoms with Crippen molar-refractivity contribution >= 4 is 11.6 Å². The van der Waals surface area contributed by atoms with Crippen molar-refractivity contribution < 1.29 is 4.74 Å². The van der Waals surface area contributed by atoms with E-state index in [0.29, 0.717) is 6.04 Å². The van der Waals surface area contributed by atoms with Crippen LogP contribution in [-0.2, 0) is 0 Å². The number of hydrogen-bond donors (Lipinski definition) is 1. The largest absolute Gasteiger partial charge is 0.493 e. The zero-order chi connectivity index (χ0) is 10.7. The Labute approximate surface area is 95.6 Å². The summed E-state index contributed by atoms with van der Waals surface area (Å²) >= 11 is 5.95. The Kier molecular flexibility index (Phi) is 3.49. The van der Waals surface area contributed by atoms with E-state index in [-0.39, 0.29) is 0 Å². The minimum absolute atomic E-state index is 0.407. The number of nitrogens with one attached hydrogen (secondary N) is 1. The quantitative estimate of drug-likeness (QED) is 0.835. The van der Waals surface area contributed by atoms with Crippen LogP contribution in [0.3, 0.4) is 0 Å². The molecule has 0 amide bonds. The molecule has 3 heteroatoms. The van der Waals surface area contributed by atoms with Crippen LogP contribution in [0.2, 0.25) is 5.02 Å². The van der Waals surface area contributed by atoms with E-state index in [4.69, 9.17) is 16.3 Å². The SMILES string of the molecule is CCNC1CCCOc2cc(Cl)ccc21. The van der Waals surface area contributed by atoms with Crippen molar-refractivity contribution in [1.29, 1.82) is 0 Å². The Morgan fingerprint density at radius 1 is 1.53 bits per heavy atom. The van der Waals surface area contributed by atoms with Gasteiger partial charge in [-0.1, -0.05) is 24.6 Å². The maximum absolute atomic E-state index is 5.95. The van der Waals surface area contributed by atoms with Crippen LogP contribution in [-0.4, -0.2) is 13.2 Å². The third-order valence-electron chi connectivity index (χ3n) is 2.70. The van der Waals surface area contributed by atoms with E-state index in [0.717, 1.165) is 36.8 Å². The molecule has 1 heterocycles. The van der Waals surface area contributed by atoms with Gasteiger partial charge in [0.1, 0.15) is 5.75 Å². The molecule has 0 radical (unpaired) electrons. The molecule has 0 aliphatic carbocycles. The van der Waals surface area contributed by atoms with Crippen molar-refractivity contribution in [2.24, 2.45) is 0 Å². The van der Waals surface area contributed by atoms with Gasteiger partial charge in [0, 0.05) is 16.6 Å². The van der Waals surface area contributed by atoms with E-state index in [1.54, 1.807) is 0 Å². The Morgan fingerprint density at radius 2 is 2.40 bits per heavy atom. The molecule has 0 saturated carbocycles. The first-order valence-corrected chi connectivity index (χ1v) is 5.84. The molecule has 1 atom stereocenters. The average molecular weight is 226 g/mol. The van der Waals surface area contributed by atoms with E-state index in [1.165, 1.54) is 5.56 Å². The predicted octanol–water partition coefficient (Wildman–Crippen LogP) is 3.16. The van der Waals surface area contributed by atoms with Gasteiger partial charge in [-0.3, -0.25) is 0 Å². The summed E-state index contributed by atoms with van der Waals surface area (Å²) in [5.74, 6) is 0.936. The molecule has 1 aromatic rings. The first-order valence-electron chi connectivity index (χ1n) is 5.47. The maximum atomic E-state index is 5.95. The van der Waals surface area contributed by atoms with Crippen LogP contribution in [0.4, 0.5) is 0 Å². The summed E-state index contributed by atoms with van der Waals surface area (Å²) in [5, 5.41) is 4.22. The molecule has 1 N–H and O–H groups in total. The van der Waals surface area contributed by atoms with Gasteiger partial charge in [-0.2, -0.15) is 0 Å². The summed E-state index contributed by atoms with van der Waals surface area (Å²) in [6.45, 7) is 3.89. The lowest BCUT2D eigenvalue weighted by atomic mass is 10.0. The molecule has 0 spiro atoms. The molecule has 1 unspecified atom stereocenters. The number of ether oxygens (including phenoxy) is 1. The number of benzene rings is 1. The highest BCUT2D eigenvalue weighted by molar-refractivity contribution is 6.30. The molecule has 0 aromatic heterocycles. The monoisotopic (exact) mass is 225 g/mol. The van der Waals surface area contributed by atoms with Gasteiger partial charge >= 0.3 is 0 Å². The van der Waals surface area contributed by atoms with Crippen LogP contribution in [0.1, 0.15) is 31.4 Å². The summed E-state index contributed by atoms with van der Waals surface area (Å²) in [4.78, 5) is 0. The third-order valence-corrected chi connectivity index (χ3v) is 2.93. The van der Waals surface area contributed by atoms with E-state index in [2.05, 4.69) is 18.3 Å². The summed E-state index contributed by atoms with van der Waals surface area (Å²) < 4.78 is 5.68. The molecule has 0 fully saturated rings. The van der Waals surface area contributed by atoms with Gasteiger partial charge < -0.3 is 10.1 Å². The van der Waals surface area contributed by atoms with Crippen LogP contribution < -0.4 is 10.1 Å². The molecule has 0 bridgehead atoms. The molecule has 2 nitrogen and oxygen atoms in total. The first kappa shape index (κ1) is 10.8. The van der Waals surface area contributed by atoms with Crippen molar-refractivity contribution in [3.05, 3.63) is 28.8 Å². The van der Waals surface area contributed by atoms with E-state index >= 15 is 0 Å². The molecule has 2 rings (SSSR count). The summed E-state index contributed by atoms with van der Waals surface area (Å²) in [6, 6.07) is 6.31. The highest BCUT2D eigenvalue weighted by atomic mass is 35.5. The van der Waals surface area contributed by atoms with E-state index < -0.39 is 0 Å². The molecule has 82 valence electrons. The van der Waals surface area contributed by atoms with Crippen molar-refractivity contribution in [2.45, 2.75) is 25.8 Å². The summed E-state index contributed by atoms with van der Waals surface area (Å²) in [7, 11) is 0. The van der Waals surface area contributed by atoms with Crippen LogP contribution >= 0.6 is 11.6 Å². The van der Waals surface area contributed by atoms with Gasteiger partial charge in [0.05, 0.1) is 6.61 Å². The van der Waals surface area contributed by atoms with E-state index in [1.807, 2.05) is 12.1 Å². The van der Waals surface area contributed by atoms with Gasteiger partial charge in [-0.15, -0.1) is 0 Å². The van der Waals surface area contributed by atoms with Crippen LogP contribution in [0.5, 0.6) is 5.75 Å². The Hall–Kier alpha value is -0.730. The number of hydrogen-bond acceptors (Lipinski definition) is 2. The van der Waals surface area contributed by atoms with Gasteiger partial charge in [0.15, 0.2) is 0 Å². The predicted molar refractivity (Wildman–Crippen MR) is 62.6 cm³/mol. The fourth-order valence-electron chi connectivity index (χ4n) is 2.00. The van der Waals surface area contributed by atoms with Gasteiger partial charge in [0.25, 0.3) is 0 Å². The molecule has 15 heavy (non-hydrogen) atoms. The molecular formula is C12H16ClNO. The van der Waals surface area contributed by atoms with Crippen molar-refractivity contribution in [1.82, 2.24) is 5.32 Å². The minimum atomic E-state index is 0.407. The van der Waals surface area contributed by atoms with Crippen molar-refractivity contribution in [3.8, 4) is 5.75 Å². The summed E-state index contributed by atoms with van der Waals surface area (Å²) in [5.41, 5.74) is 1.23. The third kappa shape index (κ3) is 2.44. The van der Waals surface area contributed by atoms with Crippen LogP contribution in [0, 0.1) is 0 Å². The van der Waals surface area contributed by atoms with E-state index in [9.17, 15) is 0 Å². The van der Waals surface area contributed by atoms with Gasteiger partial charge in [-0.25, -0.2) is 0 Å². The fraction of sp³-hybridized carbons (Fsp3) is 0.500. The number of fused-ring (bicyclic) bond motifs is 1. The first-order chi connectivity index (χ1) is 7.31. The lowest BCUT2D eigenvalue weighted by molar-refractivity contribution is 0.315. The Morgan fingerprint density at radius 3 is 3.20 bits per heavy atom. The topological polar surface area (TPSA) is 21.3 Å².